The molecule has 2 rings (SSSR count). The Kier molecular flexibility index (Phi) is 24.0. The molecule has 0 bridgehead atoms. The number of unbranched alkanes of at least 4 members (excludes halogenated alkanes) is 8. The number of hydrogen-bond acceptors (Lipinski definition) is 0. The molecule has 2 aromatic heterocycles. The highest BCUT2D eigenvalue weighted by Crippen LogP contribution is 2.10. The van der Waals surface area contributed by atoms with Crippen LogP contribution in [0.25, 0.3) is 0 Å². The summed E-state index contributed by atoms with van der Waals surface area (Å²) < 4.78 is 4.69. The van der Waals surface area contributed by atoms with Gasteiger partial charge in [0.05, 0.1) is 0 Å². The average molecular weight is 692 g/mol. The Morgan fingerprint density at radius 1 is 0.452 bits per heavy atom. The Balaban J connectivity index is -0.00000196. The first-order valence-corrected chi connectivity index (χ1v) is 11.0. The number of pyridine rings is 2. The second kappa shape index (κ2) is 20.8. The van der Waals surface area contributed by atoms with Gasteiger partial charge in [0.2, 0.25) is 0 Å². The molecule has 0 N–H and O–H groups in total. The van der Waals surface area contributed by atoms with Gasteiger partial charge >= 0.3 is 0 Å². The summed E-state index contributed by atoms with van der Waals surface area (Å²) in [5.41, 5.74) is 5.57. The van der Waals surface area contributed by atoms with Crippen molar-refractivity contribution in [3.05, 3.63) is 59.2 Å². The number of nitrogens with zero attached hydrogens (tertiary/aromatic N) is 2. The lowest BCUT2D eigenvalue weighted by molar-refractivity contribution is -0.697. The molecule has 2 nitrogen and oxygen atoms in total. The first kappa shape index (κ1) is 35.8. The van der Waals surface area contributed by atoms with E-state index in [1.807, 2.05) is 0 Å². The predicted molar refractivity (Wildman–Crippen MR) is 155 cm³/mol. The Bertz CT molecular complexity index is 648. The maximum Gasteiger partial charge on any atom is 0.171 e. The van der Waals surface area contributed by atoms with E-state index in [0.29, 0.717) is 0 Å². The van der Waals surface area contributed by atoms with E-state index in [2.05, 4.69) is 73.7 Å². The van der Waals surface area contributed by atoms with Crippen LogP contribution < -0.4 is 9.13 Å². The molecule has 0 aliphatic carbocycles. The summed E-state index contributed by atoms with van der Waals surface area (Å²) in [6.07, 6.45) is 21.4. The lowest BCUT2D eigenvalue weighted by Crippen LogP contribution is -2.33. The van der Waals surface area contributed by atoms with Crippen LogP contribution in [0.1, 0.15) is 80.0 Å². The van der Waals surface area contributed by atoms with Crippen LogP contribution in [-0.2, 0) is 13.1 Å². The quantitative estimate of drug-likeness (QED) is 0.157. The molecular formula is C25H44Br4N2+2. The van der Waals surface area contributed by atoms with E-state index in [9.17, 15) is 0 Å². The van der Waals surface area contributed by atoms with Gasteiger partial charge in [0.25, 0.3) is 0 Å². The molecule has 0 aliphatic heterocycles. The fraction of sp³-hybridized carbons (Fsp3) is 0.600. The minimum atomic E-state index is 0. The number of hydrogen-bond donors (Lipinski definition) is 0. The third-order valence-corrected chi connectivity index (χ3v) is 5.83. The highest BCUT2D eigenvalue weighted by molar-refractivity contribution is 8.93. The summed E-state index contributed by atoms with van der Waals surface area (Å²) in [4.78, 5) is 0. The van der Waals surface area contributed by atoms with Gasteiger partial charge in [0.15, 0.2) is 24.8 Å². The van der Waals surface area contributed by atoms with Crippen molar-refractivity contribution in [2.45, 2.75) is 98.6 Å². The van der Waals surface area contributed by atoms with Crippen LogP contribution in [-0.4, -0.2) is 0 Å². The van der Waals surface area contributed by atoms with Crippen LogP contribution in [0.15, 0.2) is 36.9 Å². The predicted octanol–water partition coefficient (Wildman–Crippen LogP) is 8.02. The van der Waals surface area contributed by atoms with Gasteiger partial charge in [-0.05, 0) is 51.7 Å². The first-order valence-electron chi connectivity index (χ1n) is 11.0. The van der Waals surface area contributed by atoms with Gasteiger partial charge in [-0.2, -0.15) is 0 Å². The van der Waals surface area contributed by atoms with Crippen molar-refractivity contribution in [1.29, 1.82) is 0 Å². The third-order valence-electron chi connectivity index (χ3n) is 5.83. The maximum atomic E-state index is 2.34. The van der Waals surface area contributed by atoms with E-state index in [1.165, 1.54) is 80.0 Å². The van der Waals surface area contributed by atoms with Crippen molar-refractivity contribution in [3.63, 3.8) is 0 Å². The van der Waals surface area contributed by atoms with E-state index >= 15 is 0 Å². The van der Waals surface area contributed by atoms with Crippen LogP contribution >= 0.6 is 67.9 Å². The number of aryl methyl sites for hydroxylation is 6. The van der Waals surface area contributed by atoms with Crippen LogP contribution in [0.3, 0.4) is 0 Å². The van der Waals surface area contributed by atoms with Crippen LogP contribution in [0.5, 0.6) is 0 Å². The summed E-state index contributed by atoms with van der Waals surface area (Å²) in [5, 5.41) is 0. The normalized spacial score (nSPS) is 9.68. The first-order chi connectivity index (χ1) is 13.1. The zero-order valence-corrected chi connectivity index (χ0v) is 26.6. The summed E-state index contributed by atoms with van der Waals surface area (Å²) in [6, 6.07) is 4.46. The average Bonchev–Trinajstić information content (AvgIpc) is 2.65. The van der Waals surface area contributed by atoms with Gasteiger partial charge in [0, 0.05) is 36.1 Å². The zero-order valence-electron chi connectivity index (χ0n) is 19.8. The molecular weight excluding hydrogens is 648 g/mol. The van der Waals surface area contributed by atoms with Gasteiger partial charge < -0.3 is 0 Å². The van der Waals surface area contributed by atoms with Gasteiger partial charge in [-0.25, -0.2) is 9.13 Å². The van der Waals surface area contributed by atoms with E-state index < -0.39 is 0 Å². The van der Waals surface area contributed by atoms with E-state index in [-0.39, 0.29) is 67.9 Å². The van der Waals surface area contributed by atoms with E-state index in [4.69, 9.17) is 0 Å². The van der Waals surface area contributed by atoms with Crippen molar-refractivity contribution >= 4 is 67.9 Å². The summed E-state index contributed by atoms with van der Waals surface area (Å²) >= 11 is 0. The van der Waals surface area contributed by atoms with Gasteiger partial charge in [-0.3, -0.25) is 0 Å². The number of halogens is 4. The fourth-order valence-electron chi connectivity index (χ4n) is 3.57. The molecule has 31 heavy (non-hydrogen) atoms. The SMILES string of the molecule is Br.Br.Br.Br.Cc1cc[n+](CCCCCCCCCCC[n+]2ccc(C)c(C)c2)cc1C. The molecule has 0 amide bonds. The zero-order chi connectivity index (χ0) is 19.5. The van der Waals surface area contributed by atoms with Crippen molar-refractivity contribution in [3.8, 4) is 0 Å². The van der Waals surface area contributed by atoms with Crippen molar-refractivity contribution in [2.75, 3.05) is 0 Å². The second-order valence-electron chi connectivity index (χ2n) is 8.28. The van der Waals surface area contributed by atoms with Crippen LogP contribution in [0, 0.1) is 27.7 Å². The summed E-state index contributed by atoms with van der Waals surface area (Å²) in [7, 11) is 0. The summed E-state index contributed by atoms with van der Waals surface area (Å²) in [6.45, 7) is 11.1. The van der Waals surface area contributed by atoms with Crippen LogP contribution in [0.4, 0.5) is 0 Å². The molecule has 0 atom stereocenters. The molecule has 2 aromatic rings. The van der Waals surface area contributed by atoms with Gasteiger partial charge in [-0.1, -0.05) is 32.1 Å². The lowest BCUT2D eigenvalue weighted by atomic mass is 10.1. The topological polar surface area (TPSA) is 7.76 Å². The minimum absolute atomic E-state index is 0. The lowest BCUT2D eigenvalue weighted by Gasteiger charge is -2.03. The molecule has 0 saturated heterocycles. The highest BCUT2D eigenvalue weighted by atomic mass is 79.9. The Hall–Kier alpha value is 0.220. The van der Waals surface area contributed by atoms with Crippen molar-refractivity contribution in [1.82, 2.24) is 0 Å². The van der Waals surface area contributed by atoms with Crippen molar-refractivity contribution < 1.29 is 9.13 Å². The number of rotatable bonds is 12. The van der Waals surface area contributed by atoms with Crippen LogP contribution in [0.2, 0.25) is 0 Å². The third kappa shape index (κ3) is 14.9. The minimum Gasteiger partial charge on any atom is -0.205 e. The molecule has 0 fully saturated rings. The van der Waals surface area contributed by atoms with Gasteiger partial charge in [0.1, 0.15) is 13.1 Å². The molecule has 0 aromatic carbocycles. The Morgan fingerprint density at radius 3 is 1.03 bits per heavy atom. The molecule has 0 radical (unpaired) electrons. The number of aromatic nitrogens is 2. The molecule has 0 spiro atoms. The summed E-state index contributed by atoms with van der Waals surface area (Å²) in [5.74, 6) is 0. The maximum absolute atomic E-state index is 2.34. The standard InChI is InChI=1S/C25H40N2.4BrH/c1-22-14-18-26(20-24(22)3)16-12-10-8-6-5-7-9-11-13-17-27-19-15-23(2)25(4)21-27;;;;/h14-15,18-21H,5-13,16-17H2,1-4H3;4*1H/q+2;;;;. The van der Waals surface area contributed by atoms with E-state index in [0.717, 1.165) is 13.1 Å². The Labute approximate surface area is 233 Å². The second-order valence-corrected chi connectivity index (χ2v) is 8.28. The fourth-order valence-corrected chi connectivity index (χ4v) is 3.57. The molecule has 6 heteroatoms. The smallest absolute Gasteiger partial charge is 0.171 e. The highest BCUT2D eigenvalue weighted by Gasteiger charge is 2.04. The molecule has 0 saturated carbocycles. The molecule has 2 heterocycles. The molecule has 0 aliphatic rings. The largest absolute Gasteiger partial charge is 0.205 e. The van der Waals surface area contributed by atoms with Gasteiger partial charge in [-0.15, -0.1) is 67.9 Å². The molecule has 180 valence electrons. The van der Waals surface area contributed by atoms with E-state index in [1.54, 1.807) is 0 Å². The monoisotopic (exact) mass is 688 g/mol. The molecule has 0 unspecified atom stereocenters. The Morgan fingerprint density at radius 2 is 0.742 bits per heavy atom. The van der Waals surface area contributed by atoms with Crippen molar-refractivity contribution in [2.24, 2.45) is 0 Å².